The van der Waals surface area contributed by atoms with Crippen molar-refractivity contribution in [3.63, 3.8) is 0 Å². The monoisotopic (exact) mass is 273 g/mol. The van der Waals surface area contributed by atoms with Gasteiger partial charge < -0.3 is 0 Å². The summed E-state index contributed by atoms with van der Waals surface area (Å²) in [5.74, 6) is -0.594. The van der Waals surface area contributed by atoms with Crippen molar-refractivity contribution in [3.05, 3.63) is 40.7 Å². The molecule has 0 aliphatic heterocycles. The Balaban J connectivity index is 2.86. The molecule has 0 heterocycles. The van der Waals surface area contributed by atoms with Gasteiger partial charge in [-0.25, -0.2) is 17.9 Å². The van der Waals surface area contributed by atoms with Crippen molar-refractivity contribution >= 4 is 32.4 Å². The first-order chi connectivity index (χ1) is 7.79. The maximum absolute atomic E-state index is 13.3. The number of hydrogen-bond donors (Lipinski definition) is 1. The van der Waals surface area contributed by atoms with Crippen LogP contribution in [0, 0.1) is 12.7 Å². The predicted molar refractivity (Wildman–Crippen MR) is 65.0 cm³/mol. The molecule has 0 spiro atoms. The van der Waals surface area contributed by atoms with Gasteiger partial charge in [-0.3, -0.25) is 0 Å². The Kier molecular flexibility index (Phi) is 2.85. The van der Waals surface area contributed by atoms with Crippen molar-refractivity contribution in [2.75, 3.05) is 0 Å². The molecule has 0 aromatic heterocycles. The van der Waals surface area contributed by atoms with Crippen LogP contribution in [0.25, 0.3) is 10.8 Å². The van der Waals surface area contributed by atoms with Gasteiger partial charge >= 0.3 is 0 Å². The van der Waals surface area contributed by atoms with Crippen LogP contribution < -0.4 is 5.14 Å². The molecule has 0 atom stereocenters. The third-order valence-corrected chi connectivity index (χ3v) is 3.82. The van der Waals surface area contributed by atoms with Crippen molar-refractivity contribution in [2.45, 2.75) is 11.8 Å². The molecule has 2 rings (SSSR count). The van der Waals surface area contributed by atoms with E-state index in [0.29, 0.717) is 16.3 Å². The van der Waals surface area contributed by atoms with Gasteiger partial charge in [0.25, 0.3) is 0 Å². The van der Waals surface area contributed by atoms with E-state index >= 15 is 0 Å². The van der Waals surface area contributed by atoms with Crippen LogP contribution >= 0.6 is 11.6 Å². The van der Waals surface area contributed by atoms with Crippen LogP contribution in [0.15, 0.2) is 29.2 Å². The van der Waals surface area contributed by atoms with Crippen LogP contribution in [-0.4, -0.2) is 8.42 Å². The van der Waals surface area contributed by atoms with E-state index in [9.17, 15) is 12.8 Å². The summed E-state index contributed by atoms with van der Waals surface area (Å²) in [5.41, 5.74) is 0.502. The van der Waals surface area contributed by atoms with Gasteiger partial charge in [0, 0.05) is 0 Å². The summed E-state index contributed by atoms with van der Waals surface area (Å²) in [6.45, 7) is 1.62. The van der Waals surface area contributed by atoms with Crippen molar-refractivity contribution in [2.24, 2.45) is 5.14 Å². The second-order valence-corrected chi connectivity index (χ2v) is 5.71. The van der Waals surface area contributed by atoms with Gasteiger partial charge in [0.15, 0.2) is 0 Å². The predicted octanol–water partition coefficient (Wildman–Crippen LogP) is 2.59. The molecule has 0 unspecified atom stereocenters. The highest BCUT2D eigenvalue weighted by Gasteiger charge is 2.13. The molecule has 0 aliphatic rings. The van der Waals surface area contributed by atoms with E-state index in [-0.39, 0.29) is 9.92 Å². The summed E-state index contributed by atoms with van der Waals surface area (Å²) >= 11 is 5.65. The molecule has 0 aliphatic carbocycles. The molecule has 0 saturated carbocycles. The highest BCUT2D eigenvalue weighted by Crippen LogP contribution is 2.27. The molecular weight excluding hydrogens is 265 g/mol. The summed E-state index contributed by atoms with van der Waals surface area (Å²) in [6, 6.07) is 5.59. The Morgan fingerprint density at radius 2 is 1.76 bits per heavy atom. The lowest BCUT2D eigenvalue weighted by Crippen LogP contribution is -2.13. The summed E-state index contributed by atoms with van der Waals surface area (Å²) in [6.07, 6.45) is 0. The lowest BCUT2D eigenvalue weighted by molar-refractivity contribution is 0.597. The molecule has 2 aromatic carbocycles. The molecule has 0 saturated heterocycles. The highest BCUT2D eigenvalue weighted by atomic mass is 35.5. The van der Waals surface area contributed by atoms with Gasteiger partial charge in [-0.1, -0.05) is 17.7 Å². The topological polar surface area (TPSA) is 60.2 Å². The number of benzene rings is 2. The van der Waals surface area contributed by atoms with E-state index in [4.69, 9.17) is 16.7 Å². The standard InChI is InChI=1S/C11H9ClFNO2S/c1-6-2-7-3-9(12)10(13)4-8(7)5-11(6)17(14,15)16/h2-5H,1H3,(H2,14,15,16). The number of aryl methyl sites for hydroxylation is 1. The van der Waals surface area contributed by atoms with Crippen LogP contribution in [0.1, 0.15) is 5.56 Å². The van der Waals surface area contributed by atoms with E-state index in [0.717, 1.165) is 0 Å². The van der Waals surface area contributed by atoms with Gasteiger partial charge in [0.05, 0.1) is 9.92 Å². The van der Waals surface area contributed by atoms with Crippen molar-refractivity contribution in [3.8, 4) is 0 Å². The summed E-state index contributed by atoms with van der Waals surface area (Å²) in [4.78, 5) is -0.00766. The fourth-order valence-electron chi connectivity index (χ4n) is 1.69. The van der Waals surface area contributed by atoms with Crippen LogP contribution in [0.3, 0.4) is 0 Å². The summed E-state index contributed by atoms with van der Waals surface area (Å²) < 4.78 is 35.9. The molecule has 6 heteroatoms. The zero-order valence-electron chi connectivity index (χ0n) is 8.87. The molecule has 17 heavy (non-hydrogen) atoms. The minimum absolute atomic E-state index is 0.000237. The molecule has 90 valence electrons. The normalized spacial score (nSPS) is 12.0. The second-order valence-electron chi connectivity index (χ2n) is 3.78. The second kappa shape index (κ2) is 3.94. The molecule has 0 bridgehead atoms. The molecule has 2 N–H and O–H groups in total. The molecule has 2 aromatic rings. The number of primary sulfonamides is 1. The van der Waals surface area contributed by atoms with Gasteiger partial charge in [0.1, 0.15) is 5.82 Å². The number of halogens is 2. The quantitative estimate of drug-likeness (QED) is 0.868. The third kappa shape index (κ3) is 2.26. The Bertz CT molecular complexity index is 713. The Morgan fingerprint density at radius 3 is 2.35 bits per heavy atom. The zero-order valence-corrected chi connectivity index (χ0v) is 10.4. The SMILES string of the molecule is Cc1cc2cc(Cl)c(F)cc2cc1S(N)(=O)=O. The first-order valence-electron chi connectivity index (χ1n) is 4.71. The molecule has 0 radical (unpaired) electrons. The van der Waals surface area contributed by atoms with E-state index < -0.39 is 15.8 Å². The maximum Gasteiger partial charge on any atom is 0.238 e. The van der Waals surface area contributed by atoms with E-state index in [2.05, 4.69) is 0 Å². The van der Waals surface area contributed by atoms with Crippen LogP contribution in [-0.2, 0) is 10.0 Å². The molecular formula is C11H9ClFNO2S. The van der Waals surface area contributed by atoms with Gasteiger partial charge in [-0.2, -0.15) is 0 Å². The number of sulfonamides is 1. The van der Waals surface area contributed by atoms with Crippen LogP contribution in [0.4, 0.5) is 4.39 Å². The summed E-state index contributed by atoms with van der Waals surface area (Å²) in [5, 5.41) is 6.18. The molecule has 3 nitrogen and oxygen atoms in total. The molecule has 0 fully saturated rings. The third-order valence-electron chi connectivity index (χ3n) is 2.48. The minimum atomic E-state index is -3.80. The van der Waals surface area contributed by atoms with Gasteiger partial charge in [-0.05, 0) is 41.5 Å². The molecule has 0 amide bonds. The zero-order chi connectivity index (χ0) is 12.8. The van der Waals surface area contributed by atoms with Gasteiger partial charge in [-0.15, -0.1) is 0 Å². The Hall–Kier alpha value is -1.17. The fourth-order valence-corrected chi connectivity index (χ4v) is 2.66. The smallest absolute Gasteiger partial charge is 0.225 e. The number of hydrogen-bond acceptors (Lipinski definition) is 2. The summed E-state index contributed by atoms with van der Waals surface area (Å²) in [7, 11) is -3.80. The number of rotatable bonds is 1. The first kappa shape index (κ1) is 12.3. The van der Waals surface area contributed by atoms with Crippen LogP contribution in [0.2, 0.25) is 5.02 Å². The highest BCUT2D eigenvalue weighted by molar-refractivity contribution is 7.89. The Morgan fingerprint density at radius 1 is 1.18 bits per heavy atom. The lowest BCUT2D eigenvalue weighted by Gasteiger charge is -2.07. The van der Waals surface area contributed by atoms with Crippen molar-refractivity contribution in [1.29, 1.82) is 0 Å². The van der Waals surface area contributed by atoms with Crippen molar-refractivity contribution in [1.82, 2.24) is 0 Å². The average Bonchev–Trinajstić information content (AvgIpc) is 2.18. The number of fused-ring (bicyclic) bond motifs is 1. The van der Waals surface area contributed by atoms with E-state index in [1.165, 1.54) is 18.2 Å². The first-order valence-corrected chi connectivity index (χ1v) is 6.63. The fraction of sp³-hybridized carbons (Fsp3) is 0.0909. The Labute approximate surface area is 103 Å². The lowest BCUT2D eigenvalue weighted by atomic mass is 10.1. The maximum atomic E-state index is 13.3. The average molecular weight is 274 g/mol. The van der Waals surface area contributed by atoms with E-state index in [1.54, 1.807) is 13.0 Å². The van der Waals surface area contributed by atoms with Crippen molar-refractivity contribution < 1.29 is 12.8 Å². The minimum Gasteiger partial charge on any atom is -0.225 e. The number of nitrogens with two attached hydrogens (primary N) is 1. The largest absolute Gasteiger partial charge is 0.238 e. The van der Waals surface area contributed by atoms with E-state index in [1.807, 2.05) is 0 Å². The van der Waals surface area contributed by atoms with Crippen LogP contribution in [0.5, 0.6) is 0 Å². The van der Waals surface area contributed by atoms with Gasteiger partial charge in [0.2, 0.25) is 10.0 Å².